The molecule has 1 atom stereocenters. The zero-order valence-corrected chi connectivity index (χ0v) is 9.56. The Morgan fingerprint density at radius 1 is 1.19 bits per heavy atom. The van der Waals surface area contributed by atoms with Gasteiger partial charge in [-0.1, -0.05) is 18.2 Å². The lowest BCUT2D eigenvalue weighted by atomic mass is 10.2. The van der Waals surface area contributed by atoms with E-state index < -0.39 is 0 Å². The standard InChI is InChI=1S/C14H16N2/c1-11-5-4-10-16(11)14-9-8-12-6-2-3-7-13(12)15-14/h2-3,6-9,11H,4-5,10H2,1H3/t11-/m0/s1. The Kier molecular flexibility index (Phi) is 2.28. The SMILES string of the molecule is C[C@H]1CCCN1c1ccc2ccccc2n1. The fourth-order valence-electron chi connectivity index (χ4n) is 2.49. The lowest BCUT2D eigenvalue weighted by molar-refractivity contribution is 0.728. The minimum absolute atomic E-state index is 0.633. The lowest BCUT2D eigenvalue weighted by Crippen LogP contribution is -2.26. The molecule has 0 radical (unpaired) electrons. The molecule has 1 aromatic heterocycles. The van der Waals surface area contributed by atoms with E-state index in [-0.39, 0.29) is 0 Å². The van der Waals surface area contributed by atoms with Gasteiger partial charge < -0.3 is 4.90 Å². The Bertz CT molecular complexity index is 507. The number of hydrogen-bond acceptors (Lipinski definition) is 2. The molecule has 1 aromatic carbocycles. The molecule has 82 valence electrons. The summed E-state index contributed by atoms with van der Waals surface area (Å²) >= 11 is 0. The van der Waals surface area contributed by atoms with Crippen molar-refractivity contribution >= 4 is 16.7 Å². The van der Waals surface area contributed by atoms with Crippen LogP contribution in [0.25, 0.3) is 10.9 Å². The average Bonchev–Trinajstić information content (AvgIpc) is 2.75. The van der Waals surface area contributed by atoms with Crippen LogP contribution in [0, 0.1) is 0 Å². The van der Waals surface area contributed by atoms with Crippen LogP contribution < -0.4 is 4.90 Å². The normalized spacial score (nSPS) is 20.6. The van der Waals surface area contributed by atoms with Crippen molar-refractivity contribution in [1.82, 2.24) is 4.98 Å². The molecule has 0 saturated carbocycles. The van der Waals surface area contributed by atoms with E-state index in [1.165, 1.54) is 18.2 Å². The number of pyridine rings is 1. The zero-order chi connectivity index (χ0) is 11.0. The molecule has 0 spiro atoms. The molecule has 1 aliphatic heterocycles. The van der Waals surface area contributed by atoms with Gasteiger partial charge in [-0.15, -0.1) is 0 Å². The number of hydrogen-bond donors (Lipinski definition) is 0. The van der Waals surface area contributed by atoms with Crippen LogP contribution in [0.5, 0.6) is 0 Å². The minimum atomic E-state index is 0.633. The second-order valence-corrected chi connectivity index (χ2v) is 4.55. The number of fused-ring (bicyclic) bond motifs is 1. The van der Waals surface area contributed by atoms with Gasteiger partial charge in [-0.05, 0) is 38.0 Å². The van der Waals surface area contributed by atoms with E-state index in [0.717, 1.165) is 17.9 Å². The monoisotopic (exact) mass is 212 g/mol. The predicted molar refractivity (Wildman–Crippen MR) is 67.8 cm³/mol. The second kappa shape index (κ2) is 3.78. The van der Waals surface area contributed by atoms with Crippen LogP contribution in [-0.4, -0.2) is 17.6 Å². The van der Waals surface area contributed by atoms with Gasteiger partial charge in [0.15, 0.2) is 0 Å². The number of nitrogens with zero attached hydrogens (tertiary/aromatic N) is 2. The quantitative estimate of drug-likeness (QED) is 0.721. The van der Waals surface area contributed by atoms with Crippen molar-refractivity contribution in [3.05, 3.63) is 36.4 Å². The van der Waals surface area contributed by atoms with Crippen molar-refractivity contribution in [3.63, 3.8) is 0 Å². The van der Waals surface area contributed by atoms with Gasteiger partial charge in [-0.2, -0.15) is 0 Å². The Hall–Kier alpha value is -1.57. The molecule has 2 heterocycles. The van der Waals surface area contributed by atoms with Crippen LogP contribution >= 0.6 is 0 Å². The van der Waals surface area contributed by atoms with Gasteiger partial charge in [-0.25, -0.2) is 4.98 Å². The lowest BCUT2D eigenvalue weighted by Gasteiger charge is -2.22. The van der Waals surface area contributed by atoms with E-state index in [2.05, 4.69) is 42.2 Å². The van der Waals surface area contributed by atoms with Crippen LogP contribution in [0.2, 0.25) is 0 Å². The summed E-state index contributed by atoms with van der Waals surface area (Å²) in [5.74, 6) is 1.13. The molecule has 2 nitrogen and oxygen atoms in total. The third-order valence-electron chi connectivity index (χ3n) is 3.43. The summed E-state index contributed by atoms with van der Waals surface area (Å²) in [5.41, 5.74) is 1.10. The van der Waals surface area contributed by atoms with Gasteiger partial charge in [-0.3, -0.25) is 0 Å². The average molecular weight is 212 g/mol. The van der Waals surface area contributed by atoms with E-state index in [0.29, 0.717) is 6.04 Å². The highest BCUT2D eigenvalue weighted by atomic mass is 15.2. The van der Waals surface area contributed by atoms with Crippen LogP contribution in [0.3, 0.4) is 0 Å². The summed E-state index contributed by atoms with van der Waals surface area (Å²) in [6, 6.07) is 13.2. The van der Waals surface area contributed by atoms with E-state index >= 15 is 0 Å². The van der Waals surface area contributed by atoms with Crippen molar-refractivity contribution in [2.24, 2.45) is 0 Å². The number of para-hydroxylation sites is 1. The Morgan fingerprint density at radius 2 is 2.06 bits per heavy atom. The molecular formula is C14H16N2. The maximum absolute atomic E-state index is 4.73. The summed E-state index contributed by atoms with van der Waals surface area (Å²) in [6.07, 6.45) is 2.57. The van der Waals surface area contributed by atoms with Gasteiger partial charge in [0.1, 0.15) is 5.82 Å². The largest absolute Gasteiger partial charge is 0.354 e. The maximum Gasteiger partial charge on any atom is 0.129 e. The van der Waals surface area contributed by atoms with Gasteiger partial charge >= 0.3 is 0 Å². The first-order chi connectivity index (χ1) is 7.84. The highest BCUT2D eigenvalue weighted by Crippen LogP contribution is 2.25. The van der Waals surface area contributed by atoms with Crippen molar-refractivity contribution in [1.29, 1.82) is 0 Å². The summed E-state index contributed by atoms with van der Waals surface area (Å²) in [4.78, 5) is 7.14. The molecule has 1 aliphatic rings. The zero-order valence-electron chi connectivity index (χ0n) is 9.56. The van der Waals surface area contributed by atoms with Gasteiger partial charge in [0.2, 0.25) is 0 Å². The van der Waals surface area contributed by atoms with E-state index in [1.807, 2.05) is 6.07 Å². The van der Waals surface area contributed by atoms with E-state index in [4.69, 9.17) is 4.98 Å². The molecule has 3 rings (SSSR count). The second-order valence-electron chi connectivity index (χ2n) is 4.55. The van der Waals surface area contributed by atoms with Crippen molar-refractivity contribution in [2.45, 2.75) is 25.8 Å². The topological polar surface area (TPSA) is 16.1 Å². The van der Waals surface area contributed by atoms with Gasteiger partial charge in [0.25, 0.3) is 0 Å². The molecule has 2 aromatic rings. The summed E-state index contributed by atoms with van der Waals surface area (Å²) < 4.78 is 0. The Morgan fingerprint density at radius 3 is 2.88 bits per heavy atom. The molecule has 1 saturated heterocycles. The van der Waals surface area contributed by atoms with Gasteiger partial charge in [0, 0.05) is 18.0 Å². The number of rotatable bonds is 1. The first-order valence-electron chi connectivity index (χ1n) is 5.97. The first kappa shape index (κ1) is 9.64. The van der Waals surface area contributed by atoms with Crippen LogP contribution in [-0.2, 0) is 0 Å². The van der Waals surface area contributed by atoms with E-state index in [9.17, 15) is 0 Å². The number of aromatic nitrogens is 1. The molecule has 2 heteroatoms. The minimum Gasteiger partial charge on any atom is -0.354 e. The fourth-order valence-corrected chi connectivity index (χ4v) is 2.49. The number of anilines is 1. The molecular weight excluding hydrogens is 196 g/mol. The molecule has 0 aliphatic carbocycles. The maximum atomic E-state index is 4.73. The number of benzene rings is 1. The smallest absolute Gasteiger partial charge is 0.129 e. The summed E-state index contributed by atoms with van der Waals surface area (Å²) in [7, 11) is 0. The van der Waals surface area contributed by atoms with Crippen molar-refractivity contribution < 1.29 is 0 Å². The van der Waals surface area contributed by atoms with E-state index in [1.54, 1.807) is 0 Å². The summed E-state index contributed by atoms with van der Waals surface area (Å²) in [5, 5.41) is 1.22. The van der Waals surface area contributed by atoms with Gasteiger partial charge in [0.05, 0.1) is 5.52 Å². The van der Waals surface area contributed by atoms with Crippen LogP contribution in [0.4, 0.5) is 5.82 Å². The highest BCUT2D eigenvalue weighted by molar-refractivity contribution is 5.80. The molecule has 1 fully saturated rings. The van der Waals surface area contributed by atoms with Crippen LogP contribution in [0.1, 0.15) is 19.8 Å². The highest BCUT2D eigenvalue weighted by Gasteiger charge is 2.21. The molecule has 0 bridgehead atoms. The Balaban J connectivity index is 2.04. The first-order valence-corrected chi connectivity index (χ1v) is 5.97. The molecule has 0 N–H and O–H groups in total. The Labute approximate surface area is 95.9 Å². The van der Waals surface area contributed by atoms with Crippen molar-refractivity contribution in [2.75, 3.05) is 11.4 Å². The molecule has 0 unspecified atom stereocenters. The third kappa shape index (κ3) is 1.54. The predicted octanol–water partition coefficient (Wildman–Crippen LogP) is 3.22. The third-order valence-corrected chi connectivity index (χ3v) is 3.43. The van der Waals surface area contributed by atoms with Crippen LogP contribution in [0.15, 0.2) is 36.4 Å². The summed E-state index contributed by atoms with van der Waals surface area (Å²) in [6.45, 7) is 3.43. The molecule has 16 heavy (non-hydrogen) atoms. The fraction of sp³-hybridized carbons (Fsp3) is 0.357. The molecule has 0 amide bonds. The van der Waals surface area contributed by atoms with Crippen molar-refractivity contribution in [3.8, 4) is 0 Å².